The van der Waals surface area contributed by atoms with Crippen LogP contribution in [0.4, 0.5) is 10.1 Å². The number of pyridine rings is 1. The van der Waals surface area contributed by atoms with Gasteiger partial charge in [-0.25, -0.2) is 9.18 Å². The molecule has 0 radical (unpaired) electrons. The summed E-state index contributed by atoms with van der Waals surface area (Å²) in [5, 5.41) is 0.779. The number of aromatic nitrogens is 1. The van der Waals surface area contributed by atoms with Gasteiger partial charge in [-0.15, -0.1) is 0 Å². The lowest BCUT2D eigenvalue weighted by atomic mass is 9.94. The van der Waals surface area contributed by atoms with Crippen LogP contribution in [0.5, 0.6) is 0 Å². The van der Waals surface area contributed by atoms with Crippen molar-refractivity contribution in [2.75, 3.05) is 18.9 Å². The highest BCUT2D eigenvalue weighted by molar-refractivity contribution is 7.90. The van der Waals surface area contributed by atoms with E-state index in [9.17, 15) is 17.6 Å². The van der Waals surface area contributed by atoms with Gasteiger partial charge < -0.3 is 4.74 Å². The number of benzene rings is 2. The molecule has 0 aliphatic carbocycles. The first-order chi connectivity index (χ1) is 13.3. The molecule has 0 fully saturated rings. The zero-order chi connectivity index (χ0) is 20.1. The monoisotopic (exact) mass is 401 g/mol. The molecule has 1 N–H and O–H groups in total. The minimum atomic E-state index is -3.88. The van der Waals surface area contributed by atoms with Crippen molar-refractivity contribution in [1.29, 1.82) is 0 Å². The molecule has 7 nitrogen and oxygen atoms in total. The number of hydrogen-bond acceptors (Lipinski definition) is 5. The van der Waals surface area contributed by atoms with Crippen molar-refractivity contribution in [3.05, 3.63) is 71.2 Å². The molecule has 4 rings (SSSR count). The average Bonchev–Trinajstić information content (AvgIpc) is 2.69. The topological polar surface area (TPSA) is 88.6 Å². The van der Waals surface area contributed by atoms with E-state index in [0.29, 0.717) is 22.3 Å². The molecule has 1 aromatic heterocycles. The minimum absolute atomic E-state index is 0.259. The molecule has 0 saturated carbocycles. The van der Waals surface area contributed by atoms with Gasteiger partial charge in [-0.2, -0.15) is 12.7 Å². The van der Waals surface area contributed by atoms with Gasteiger partial charge in [0.05, 0.1) is 29.9 Å². The number of nitrogens with zero attached hydrogens (tertiary/aromatic N) is 2. The first-order valence-corrected chi connectivity index (χ1v) is 9.78. The summed E-state index contributed by atoms with van der Waals surface area (Å²) in [5.74, 6) is -1.57. The van der Waals surface area contributed by atoms with E-state index in [1.54, 1.807) is 18.3 Å². The molecule has 0 amide bonds. The van der Waals surface area contributed by atoms with Gasteiger partial charge in [-0.3, -0.25) is 9.71 Å². The van der Waals surface area contributed by atoms with Crippen LogP contribution < -0.4 is 4.72 Å². The number of ether oxygens (including phenoxy) is 1. The van der Waals surface area contributed by atoms with Gasteiger partial charge in [0, 0.05) is 24.2 Å². The maximum absolute atomic E-state index is 14.1. The Labute approximate surface area is 160 Å². The number of carbonyl (C=O) groups excluding carboxylic acids is 1. The van der Waals surface area contributed by atoms with Crippen molar-refractivity contribution in [2.45, 2.75) is 6.04 Å². The van der Waals surface area contributed by atoms with Gasteiger partial charge >= 0.3 is 16.2 Å². The summed E-state index contributed by atoms with van der Waals surface area (Å²) in [5.41, 5.74) is 1.70. The number of halogens is 1. The van der Waals surface area contributed by atoms with Crippen LogP contribution in [-0.4, -0.2) is 37.8 Å². The van der Waals surface area contributed by atoms with Crippen LogP contribution in [0.3, 0.4) is 0 Å². The second kappa shape index (κ2) is 6.54. The largest absolute Gasteiger partial charge is 0.465 e. The van der Waals surface area contributed by atoms with Gasteiger partial charge in [-0.1, -0.05) is 24.3 Å². The predicted molar refractivity (Wildman–Crippen MR) is 102 cm³/mol. The Morgan fingerprint density at radius 3 is 2.79 bits per heavy atom. The minimum Gasteiger partial charge on any atom is -0.465 e. The number of methoxy groups -OCH3 is 1. The number of fused-ring (bicyclic) bond motifs is 3. The van der Waals surface area contributed by atoms with Crippen LogP contribution in [0, 0.1) is 5.82 Å². The molecule has 1 atom stereocenters. The fraction of sp³-hybridized carbons (Fsp3) is 0.158. The second-order valence-corrected chi connectivity index (χ2v) is 8.09. The lowest BCUT2D eigenvalue weighted by molar-refractivity contribution is 0.0595. The van der Waals surface area contributed by atoms with Crippen LogP contribution in [-0.2, 0) is 14.9 Å². The van der Waals surface area contributed by atoms with Crippen molar-refractivity contribution >= 4 is 32.8 Å². The maximum Gasteiger partial charge on any atom is 0.340 e. The smallest absolute Gasteiger partial charge is 0.340 e. The molecule has 1 aliphatic rings. The molecule has 1 unspecified atom stereocenters. The van der Waals surface area contributed by atoms with E-state index < -0.39 is 28.0 Å². The standard InChI is InChI=1S/C19H16FN3O4S/c1-23-18(12-6-8-15(20)14(10-12)19(24)27-2)13-7-5-11-4-3-9-21-16(11)17(13)22-28(23,25)26/h3-10,18,22H,1-2H3. The van der Waals surface area contributed by atoms with E-state index in [1.165, 1.54) is 19.2 Å². The molecule has 0 bridgehead atoms. The van der Waals surface area contributed by atoms with Gasteiger partial charge in [0.1, 0.15) is 5.82 Å². The Bertz CT molecular complexity index is 1210. The average molecular weight is 401 g/mol. The molecular formula is C19H16FN3O4S. The van der Waals surface area contributed by atoms with Gasteiger partial charge in [0.15, 0.2) is 0 Å². The summed E-state index contributed by atoms with van der Waals surface area (Å²) >= 11 is 0. The number of esters is 1. The van der Waals surface area contributed by atoms with Crippen LogP contribution in [0.1, 0.15) is 27.5 Å². The highest BCUT2D eigenvalue weighted by Crippen LogP contribution is 2.42. The maximum atomic E-state index is 14.1. The fourth-order valence-corrected chi connectivity index (χ4v) is 4.53. The van der Waals surface area contributed by atoms with Crippen molar-refractivity contribution in [3.8, 4) is 0 Å². The van der Waals surface area contributed by atoms with Crippen LogP contribution in [0.25, 0.3) is 10.9 Å². The molecular weight excluding hydrogens is 385 g/mol. The molecule has 3 aromatic rings. The highest BCUT2D eigenvalue weighted by Gasteiger charge is 2.37. The van der Waals surface area contributed by atoms with Crippen molar-refractivity contribution in [2.24, 2.45) is 0 Å². The normalized spacial score (nSPS) is 18.3. The Morgan fingerprint density at radius 1 is 1.25 bits per heavy atom. The van der Waals surface area contributed by atoms with Crippen molar-refractivity contribution in [3.63, 3.8) is 0 Å². The molecule has 9 heteroatoms. The first-order valence-electron chi connectivity index (χ1n) is 8.34. The van der Waals surface area contributed by atoms with E-state index >= 15 is 0 Å². The third-order valence-corrected chi connectivity index (χ3v) is 6.22. The van der Waals surface area contributed by atoms with E-state index in [2.05, 4.69) is 14.4 Å². The SMILES string of the molecule is COC(=O)c1cc(C2c3ccc4cccnc4c3NS(=O)(=O)N2C)ccc1F. The Hall–Kier alpha value is -3.04. The molecule has 0 saturated heterocycles. The predicted octanol–water partition coefficient (Wildman–Crippen LogP) is 2.85. The second-order valence-electron chi connectivity index (χ2n) is 6.36. The van der Waals surface area contributed by atoms with Crippen molar-refractivity contribution < 1.29 is 22.3 Å². The quantitative estimate of drug-likeness (QED) is 0.667. The Kier molecular flexibility index (Phi) is 4.28. The highest BCUT2D eigenvalue weighted by atomic mass is 32.2. The number of hydrogen-bond donors (Lipinski definition) is 1. The summed E-state index contributed by atoms with van der Waals surface area (Å²) in [7, 11) is -1.31. The summed E-state index contributed by atoms with van der Waals surface area (Å²) in [4.78, 5) is 16.2. The molecule has 0 spiro atoms. The summed E-state index contributed by atoms with van der Waals surface area (Å²) in [6.07, 6.45) is 1.58. The van der Waals surface area contributed by atoms with E-state index in [-0.39, 0.29) is 5.56 Å². The van der Waals surface area contributed by atoms with Gasteiger partial charge in [0.25, 0.3) is 0 Å². The van der Waals surface area contributed by atoms with Gasteiger partial charge in [-0.05, 0) is 23.8 Å². The lowest BCUT2D eigenvalue weighted by Crippen LogP contribution is -2.40. The zero-order valence-electron chi connectivity index (χ0n) is 15.0. The molecule has 144 valence electrons. The van der Waals surface area contributed by atoms with Crippen molar-refractivity contribution in [1.82, 2.24) is 9.29 Å². The Balaban J connectivity index is 1.98. The van der Waals surface area contributed by atoms with Crippen LogP contribution in [0.15, 0.2) is 48.7 Å². The lowest BCUT2D eigenvalue weighted by Gasteiger charge is -2.35. The number of carbonyl (C=O) groups is 1. The van der Waals surface area contributed by atoms with Gasteiger partial charge in [0.2, 0.25) is 0 Å². The first kappa shape index (κ1) is 18.3. The Morgan fingerprint density at radius 2 is 2.04 bits per heavy atom. The third-order valence-electron chi connectivity index (χ3n) is 4.79. The summed E-state index contributed by atoms with van der Waals surface area (Å²) < 4.78 is 47.9. The van der Waals surface area contributed by atoms with Crippen LogP contribution >= 0.6 is 0 Å². The number of anilines is 1. The zero-order valence-corrected chi connectivity index (χ0v) is 15.8. The molecule has 2 aromatic carbocycles. The van der Waals surface area contributed by atoms with E-state index in [1.807, 2.05) is 12.1 Å². The van der Waals surface area contributed by atoms with E-state index in [4.69, 9.17) is 0 Å². The molecule has 2 heterocycles. The fourth-order valence-electron chi connectivity index (χ4n) is 3.40. The third kappa shape index (κ3) is 2.79. The summed E-state index contributed by atoms with van der Waals surface area (Å²) in [6, 6.07) is 10.4. The summed E-state index contributed by atoms with van der Waals surface area (Å²) in [6.45, 7) is 0. The molecule has 1 aliphatic heterocycles. The van der Waals surface area contributed by atoms with Crippen LogP contribution in [0.2, 0.25) is 0 Å². The number of nitrogens with one attached hydrogen (secondary N) is 1. The van der Waals surface area contributed by atoms with E-state index in [0.717, 1.165) is 22.9 Å². The number of rotatable bonds is 2. The molecule has 28 heavy (non-hydrogen) atoms.